The number of amides is 1. The molecule has 0 spiro atoms. The molecule has 1 atom stereocenters. The molecule has 0 aliphatic carbocycles. The molecule has 1 amide bonds. The van der Waals surface area contributed by atoms with Gasteiger partial charge < -0.3 is 14.8 Å². The van der Waals surface area contributed by atoms with Gasteiger partial charge in [-0.25, -0.2) is 0 Å². The van der Waals surface area contributed by atoms with E-state index >= 15 is 0 Å². The molecule has 0 saturated carbocycles. The minimum absolute atomic E-state index is 0.116. The lowest BCUT2D eigenvalue weighted by molar-refractivity contribution is 0.0924. The van der Waals surface area contributed by atoms with Crippen molar-refractivity contribution in [1.29, 1.82) is 0 Å². The lowest BCUT2D eigenvalue weighted by Gasteiger charge is -2.26. The molecule has 1 aliphatic rings. The first-order valence-electron chi connectivity index (χ1n) is 5.32. The Bertz CT molecular complexity index is 473. The summed E-state index contributed by atoms with van der Waals surface area (Å²) in [5.74, 6) is 0.938. The van der Waals surface area contributed by atoms with E-state index in [2.05, 4.69) is 21.2 Å². The summed E-state index contributed by atoms with van der Waals surface area (Å²) in [6, 6.07) is 1.97. The van der Waals surface area contributed by atoms with Crippen molar-refractivity contribution in [2.75, 3.05) is 14.2 Å². The third kappa shape index (κ3) is 1.99. The molecule has 4 nitrogen and oxygen atoms in total. The van der Waals surface area contributed by atoms with Crippen molar-refractivity contribution < 1.29 is 14.3 Å². The van der Waals surface area contributed by atoms with Crippen LogP contribution in [0.1, 0.15) is 22.8 Å². The Labute approximate surface area is 108 Å². The summed E-state index contributed by atoms with van der Waals surface area (Å²) in [5, 5.41) is 2.89. The van der Waals surface area contributed by atoms with E-state index in [9.17, 15) is 4.79 Å². The number of hydrogen-bond donors (Lipinski definition) is 1. The van der Waals surface area contributed by atoms with Crippen molar-refractivity contribution in [2.24, 2.45) is 0 Å². The summed E-state index contributed by atoms with van der Waals surface area (Å²) in [7, 11) is 3.09. The van der Waals surface area contributed by atoms with Crippen LogP contribution in [0.15, 0.2) is 10.5 Å². The highest BCUT2D eigenvalue weighted by molar-refractivity contribution is 9.10. The molecule has 1 aliphatic heterocycles. The number of benzene rings is 1. The number of halogens is 1. The quantitative estimate of drug-likeness (QED) is 0.910. The summed E-state index contributed by atoms with van der Waals surface area (Å²) >= 11 is 3.48. The van der Waals surface area contributed by atoms with E-state index < -0.39 is 0 Å². The van der Waals surface area contributed by atoms with E-state index in [1.807, 2.05) is 13.0 Å². The summed E-state index contributed by atoms with van der Waals surface area (Å²) in [6.07, 6.45) is 0.780. The monoisotopic (exact) mass is 299 g/mol. The number of ether oxygens (including phenoxy) is 2. The SMILES string of the molecule is COc1cc(Br)c2c(c1OC)C(=O)NC(C)C2. The maximum atomic E-state index is 12.0. The second-order valence-corrected chi connectivity index (χ2v) is 4.88. The number of methoxy groups -OCH3 is 2. The topological polar surface area (TPSA) is 47.6 Å². The molecular weight excluding hydrogens is 286 g/mol. The molecule has 0 aromatic heterocycles. The Kier molecular flexibility index (Phi) is 3.28. The van der Waals surface area contributed by atoms with Crippen LogP contribution in [0.2, 0.25) is 0 Å². The third-order valence-corrected chi connectivity index (χ3v) is 3.55. The number of rotatable bonds is 2. The minimum atomic E-state index is -0.116. The second kappa shape index (κ2) is 4.56. The first-order valence-corrected chi connectivity index (χ1v) is 6.12. The van der Waals surface area contributed by atoms with Crippen molar-refractivity contribution in [3.63, 3.8) is 0 Å². The van der Waals surface area contributed by atoms with E-state index in [-0.39, 0.29) is 11.9 Å². The van der Waals surface area contributed by atoms with Gasteiger partial charge in [0.2, 0.25) is 0 Å². The molecule has 17 heavy (non-hydrogen) atoms. The third-order valence-electron chi connectivity index (χ3n) is 2.84. The van der Waals surface area contributed by atoms with Gasteiger partial charge >= 0.3 is 0 Å². The fourth-order valence-corrected chi connectivity index (χ4v) is 2.66. The highest BCUT2D eigenvalue weighted by Gasteiger charge is 2.29. The van der Waals surface area contributed by atoms with E-state index in [4.69, 9.17) is 9.47 Å². The zero-order valence-corrected chi connectivity index (χ0v) is 11.6. The smallest absolute Gasteiger partial charge is 0.255 e. The van der Waals surface area contributed by atoms with Crippen LogP contribution in [0, 0.1) is 0 Å². The minimum Gasteiger partial charge on any atom is -0.493 e. The number of carbonyl (C=O) groups excluding carboxylic acids is 1. The molecule has 0 radical (unpaired) electrons. The summed E-state index contributed by atoms with van der Waals surface area (Å²) in [4.78, 5) is 12.0. The van der Waals surface area contributed by atoms with Crippen LogP contribution in [0.4, 0.5) is 0 Å². The Balaban J connectivity index is 2.68. The molecule has 1 aromatic carbocycles. The van der Waals surface area contributed by atoms with E-state index in [1.165, 1.54) is 7.11 Å². The molecule has 1 unspecified atom stereocenters. The van der Waals surface area contributed by atoms with Crippen LogP contribution in [-0.4, -0.2) is 26.2 Å². The zero-order valence-electron chi connectivity index (χ0n) is 9.96. The highest BCUT2D eigenvalue weighted by Crippen LogP contribution is 2.40. The van der Waals surface area contributed by atoms with Crippen LogP contribution in [-0.2, 0) is 6.42 Å². The van der Waals surface area contributed by atoms with E-state index in [0.29, 0.717) is 17.1 Å². The Morgan fingerprint density at radius 1 is 1.41 bits per heavy atom. The van der Waals surface area contributed by atoms with Crippen LogP contribution < -0.4 is 14.8 Å². The Morgan fingerprint density at radius 3 is 2.71 bits per heavy atom. The van der Waals surface area contributed by atoms with Gasteiger partial charge in [-0.1, -0.05) is 15.9 Å². The van der Waals surface area contributed by atoms with Gasteiger partial charge in [0.05, 0.1) is 19.8 Å². The molecule has 2 rings (SSSR count). The maximum Gasteiger partial charge on any atom is 0.255 e. The van der Waals surface area contributed by atoms with Crippen LogP contribution in [0.3, 0.4) is 0 Å². The normalized spacial score (nSPS) is 18.4. The summed E-state index contributed by atoms with van der Waals surface area (Å²) < 4.78 is 11.4. The van der Waals surface area contributed by atoms with Crippen molar-refractivity contribution in [3.05, 3.63) is 21.7 Å². The number of carbonyl (C=O) groups is 1. The van der Waals surface area contributed by atoms with Gasteiger partial charge in [0.1, 0.15) is 0 Å². The zero-order chi connectivity index (χ0) is 12.6. The average molecular weight is 300 g/mol. The van der Waals surface area contributed by atoms with Gasteiger partial charge in [-0.15, -0.1) is 0 Å². The first kappa shape index (κ1) is 12.2. The van der Waals surface area contributed by atoms with Crippen molar-refractivity contribution in [1.82, 2.24) is 5.32 Å². The van der Waals surface area contributed by atoms with Crippen molar-refractivity contribution >= 4 is 21.8 Å². The van der Waals surface area contributed by atoms with Gasteiger partial charge in [0, 0.05) is 10.5 Å². The van der Waals surface area contributed by atoms with Crippen LogP contribution in [0.25, 0.3) is 0 Å². The molecule has 0 bridgehead atoms. The Hall–Kier alpha value is -1.23. The maximum absolute atomic E-state index is 12.0. The lowest BCUT2D eigenvalue weighted by Crippen LogP contribution is -2.39. The predicted molar refractivity (Wildman–Crippen MR) is 67.9 cm³/mol. The van der Waals surface area contributed by atoms with Crippen LogP contribution in [0.5, 0.6) is 11.5 Å². The second-order valence-electron chi connectivity index (χ2n) is 4.03. The average Bonchev–Trinajstić information content (AvgIpc) is 2.29. The van der Waals surface area contributed by atoms with Gasteiger partial charge in [-0.05, 0) is 25.0 Å². The summed E-state index contributed by atoms with van der Waals surface area (Å²) in [6.45, 7) is 1.98. The predicted octanol–water partition coefficient (Wildman–Crippen LogP) is 2.14. The van der Waals surface area contributed by atoms with Crippen molar-refractivity contribution in [2.45, 2.75) is 19.4 Å². The fraction of sp³-hybridized carbons (Fsp3) is 0.417. The molecule has 1 heterocycles. The van der Waals surface area contributed by atoms with E-state index in [1.54, 1.807) is 7.11 Å². The molecule has 92 valence electrons. The van der Waals surface area contributed by atoms with Gasteiger partial charge in [0.15, 0.2) is 11.5 Å². The molecular formula is C12H14BrNO3. The van der Waals surface area contributed by atoms with Crippen LogP contribution >= 0.6 is 15.9 Å². The van der Waals surface area contributed by atoms with E-state index in [0.717, 1.165) is 16.5 Å². The Morgan fingerprint density at radius 2 is 2.12 bits per heavy atom. The molecule has 0 fully saturated rings. The highest BCUT2D eigenvalue weighted by atomic mass is 79.9. The van der Waals surface area contributed by atoms with Gasteiger partial charge in [-0.2, -0.15) is 0 Å². The standard InChI is InChI=1S/C12H14BrNO3/c1-6-4-7-8(13)5-9(16-2)11(17-3)10(7)12(15)14-6/h5-6H,4H2,1-3H3,(H,14,15). The first-order chi connectivity index (χ1) is 8.08. The number of nitrogens with one attached hydrogen (secondary N) is 1. The molecule has 5 heteroatoms. The number of fused-ring (bicyclic) bond motifs is 1. The van der Waals surface area contributed by atoms with Gasteiger partial charge in [0.25, 0.3) is 5.91 Å². The number of hydrogen-bond acceptors (Lipinski definition) is 3. The fourth-order valence-electron chi connectivity index (χ4n) is 2.09. The molecule has 0 saturated heterocycles. The molecule has 1 N–H and O–H groups in total. The van der Waals surface area contributed by atoms with Crippen molar-refractivity contribution in [3.8, 4) is 11.5 Å². The lowest BCUT2D eigenvalue weighted by atomic mass is 9.95. The molecule has 1 aromatic rings. The van der Waals surface area contributed by atoms with Gasteiger partial charge in [-0.3, -0.25) is 4.79 Å². The summed E-state index contributed by atoms with van der Waals surface area (Å²) in [5.41, 5.74) is 1.54. The largest absolute Gasteiger partial charge is 0.493 e.